The van der Waals surface area contributed by atoms with E-state index in [2.05, 4.69) is 0 Å². The fourth-order valence-electron chi connectivity index (χ4n) is 3.59. The predicted octanol–water partition coefficient (Wildman–Crippen LogP) is 2.69. The largest absolute Gasteiger partial charge is 0.330 e. The Morgan fingerprint density at radius 2 is 1.81 bits per heavy atom. The van der Waals surface area contributed by atoms with Crippen LogP contribution in [0.3, 0.4) is 0 Å². The molecule has 0 unspecified atom stereocenters. The Morgan fingerprint density at radius 3 is 2.41 bits per heavy atom. The first-order valence-corrected chi connectivity index (χ1v) is 9.79. The van der Waals surface area contributed by atoms with E-state index in [4.69, 9.17) is 5.73 Å². The summed E-state index contributed by atoms with van der Waals surface area (Å²) in [6.45, 7) is 2.44. The van der Waals surface area contributed by atoms with Gasteiger partial charge in [-0.15, -0.1) is 12.4 Å². The highest BCUT2D eigenvalue weighted by molar-refractivity contribution is 7.89. The van der Waals surface area contributed by atoms with Crippen LogP contribution in [0.25, 0.3) is 0 Å². The van der Waals surface area contributed by atoms with Crippen LogP contribution in [0.4, 0.5) is 5.69 Å². The van der Waals surface area contributed by atoms with Gasteiger partial charge in [-0.1, -0.05) is 42.5 Å². The normalized spacial score (nSPS) is 20.2. The molecule has 9 heteroatoms. The Labute approximate surface area is 164 Å². The second-order valence-corrected chi connectivity index (χ2v) is 8.39. The van der Waals surface area contributed by atoms with Crippen molar-refractivity contribution < 1.29 is 13.3 Å². The first-order valence-electron chi connectivity index (χ1n) is 8.35. The van der Waals surface area contributed by atoms with Crippen LogP contribution in [-0.2, 0) is 10.0 Å². The molecular weight excluding hydrogens is 390 g/mol. The Kier molecular flexibility index (Phi) is 6.59. The fraction of sp³-hybridized carbons (Fsp3) is 0.333. The van der Waals surface area contributed by atoms with Crippen LogP contribution in [0.2, 0.25) is 0 Å². The number of rotatable bonds is 5. The average Bonchev–Trinajstić information content (AvgIpc) is 3.07. The maximum Gasteiger partial charge on any atom is 0.289 e. The molecule has 27 heavy (non-hydrogen) atoms. The molecule has 1 saturated heterocycles. The van der Waals surface area contributed by atoms with Gasteiger partial charge < -0.3 is 5.73 Å². The van der Waals surface area contributed by atoms with E-state index < -0.39 is 20.6 Å². The number of benzene rings is 2. The third-order valence-electron chi connectivity index (χ3n) is 4.92. The summed E-state index contributed by atoms with van der Waals surface area (Å²) in [7, 11) is -3.99. The van der Waals surface area contributed by atoms with Crippen molar-refractivity contribution in [2.75, 3.05) is 19.6 Å². The molecule has 2 aromatic carbocycles. The van der Waals surface area contributed by atoms with Crippen LogP contribution in [0.15, 0.2) is 53.4 Å². The summed E-state index contributed by atoms with van der Waals surface area (Å²) in [6, 6.07) is 13.9. The first kappa shape index (κ1) is 21.3. The van der Waals surface area contributed by atoms with Gasteiger partial charge in [-0.3, -0.25) is 10.1 Å². The van der Waals surface area contributed by atoms with E-state index in [1.165, 1.54) is 16.4 Å². The molecule has 1 heterocycles. The fourth-order valence-corrected chi connectivity index (χ4v) is 5.47. The zero-order valence-corrected chi connectivity index (χ0v) is 16.4. The third-order valence-corrected chi connectivity index (χ3v) is 6.95. The summed E-state index contributed by atoms with van der Waals surface area (Å²) in [5.41, 5.74) is 6.89. The SMILES string of the molecule is Cc1cccc([N+](=O)[O-])c1S(=O)(=O)N1C[C@@H](CN)[C@H](c2ccccc2)C1.Cl. The van der Waals surface area contributed by atoms with Gasteiger partial charge in [-0.05, 0) is 30.5 Å². The maximum atomic E-state index is 13.2. The molecule has 0 aromatic heterocycles. The molecule has 0 saturated carbocycles. The first-order chi connectivity index (χ1) is 12.4. The number of aryl methyl sites for hydroxylation is 1. The Hall–Kier alpha value is -2.00. The molecule has 2 N–H and O–H groups in total. The number of nitrogens with zero attached hydrogens (tertiary/aromatic N) is 2. The molecule has 3 rings (SSSR count). The van der Waals surface area contributed by atoms with Gasteiger partial charge in [-0.2, -0.15) is 4.31 Å². The van der Waals surface area contributed by atoms with Crippen molar-refractivity contribution in [3.8, 4) is 0 Å². The van der Waals surface area contributed by atoms with E-state index in [0.29, 0.717) is 12.1 Å². The van der Waals surface area contributed by atoms with E-state index in [0.717, 1.165) is 5.56 Å². The molecule has 1 fully saturated rings. The van der Waals surface area contributed by atoms with Crippen molar-refractivity contribution in [3.63, 3.8) is 0 Å². The van der Waals surface area contributed by atoms with Crippen molar-refractivity contribution in [1.82, 2.24) is 4.31 Å². The summed E-state index contributed by atoms with van der Waals surface area (Å²) in [4.78, 5) is 10.5. The van der Waals surface area contributed by atoms with E-state index >= 15 is 0 Å². The number of nitro groups is 1. The van der Waals surface area contributed by atoms with E-state index in [9.17, 15) is 18.5 Å². The molecular formula is C18H22ClN3O4S. The molecule has 2 atom stereocenters. The lowest BCUT2D eigenvalue weighted by atomic mass is 9.89. The molecule has 0 radical (unpaired) electrons. The van der Waals surface area contributed by atoms with Gasteiger partial charge in [0.1, 0.15) is 0 Å². The van der Waals surface area contributed by atoms with Crippen molar-refractivity contribution >= 4 is 28.1 Å². The van der Waals surface area contributed by atoms with Gasteiger partial charge in [0.25, 0.3) is 5.69 Å². The summed E-state index contributed by atoms with van der Waals surface area (Å²) in [5.74, 6) is -0.0608. The number of hydrogen-bond acceptors (Lipinski definition) is 5. The van der Waals surface area contributed by atoms with Crippen LogP contribution in [0, 0.1) is 23.0 Å². The maximum absolute atomic E-state index is 13.2. The number of nitrogens with two attached hydrogens (primary N) is 1. The minimum absolute atomic E-state index is 0. The van der Waals surface area contributed by atoms with Crippen LogP contribution in [0.5, 0.6) is 0 Å². The van der Waals surface area contributed by atoms with Crippen molar-refractivity contribution in [2.45, 2.75) is 17.7 Å². The molecule has 1 aliphatic rings. The quantitative estimate of drug-likeness (QED) is 0.601. The van der Waals surface area contributed by atoms with Crippen LogP contribution >= 0.6 is 12.4 Å². The zero-order chi connectivity index (χ0) is 18.9. The van der Waals surface area contributed by atoms with Gasteiger partial charge in [0.15, 0.2) is 4.90 Å². The lowest BCUT2D eigenvalue weighted by molar-refractivity contribution is -0.387. The van der Waals surface area contributed by atoms with Gasteiger partial charge in [-0.25, -0.2) is 8.42 Å². The number of halogens is 1. The van der Waals surface area contributed by atoms with Crippen molar-refractivity contribution in [2.24, 2.45) is 11.7 Å². The topological polar surface area (TPSA) is 107 Å². The minimum atomic E-state index is -3.99. The van der Waals surface area contributed by atoms with Gasteiger partial charge in [0, 0.05) is 25.1 Å². The van der Waals surface area contributed by atoms with Crippen LogP contribution in [-0.4, -0.2) is 37.3 Å². The van der Waals surface area contributed by atoms with Crippen LogP contribution in [0.1, 0.15) is 17.0 Å². The number of sulfonamides is 1. The molecule has 0 aliphatic carbocycles. The van der Waals surface area contributed by atoms with Crippen molar-refractivity contribution in [3.05, 3.63) is 69.8 Å². The Balaban J connectivity index is 0.00000261. The van der Waals surface area contributed by atoms with Gasteiger partial charge in [0.2, 0.25) is 10.0 Å². The van der Waals surface area contributed by atoms with Gasteiger partial charge in [0.05, 0.1) is 4.92 Å². The third kappa shape index (κ3) is 3.98. The Morgan fingerprint density at radius 1 is 1.15 bits per heavy atom. The number of hydrogen-bond donors (Lipinski definition) is 1. The molecule has 0 spiro atoms. The van der Waals surface area contributed by atoms with E-state index in [-0.39, 0.29) is 42.2 Å². The van der Waals surface area contributed by atoms with E-state index in [1.54, 1.807) is 13.0 Å². The molecule has 0 bridgehead atoms. The molecule has 2 aromatic rings. The smallest absolute Gasteiger partial charge is 0.289 e. The minimum Gasteiger partial charge on any atom is -0.330 e. The second-order valence-electron chi connectivity index (χ2n) is 6.52. The summed E-state index contributed by atoms with van der Waals surface area (Å²) in [6.07, 6.45) is 0. The molecule has 1 aliphatic heterocycles. The Bertz CT molecular complexity index is 921. The molecule has 7 nitrogen and oxygen atoms in total. The average molecular weight is 412 g/mol. The lowest BCUT2D eigenvalue weighted by Crippen LogP contribution is -2.31. The highest BCUT2D eigenvalue weighted by atomic mass is 35.5. The standard InChI is InChI=1S/C18H21N3O4S.ClH/c1-13-6-5-9-17(21(22)23)18(13)26(24,25)20-11-15(10-19)16(12-20)14-7-3-2-4-8-14;/h2-9,15-16H,10-12,19H2,1H3;1H/t15-,16+;/m1./s1. The summed E-state index contributed by atoms with van der Waals surface area (Å²) < 4.78 is 27.7. The van der Waals surface area contributed by atoms with Crippen molar-refractivity contribution in [1.29, 1.82) is 0 Å². The van der Waals surface area contributed by atoms with Gasteiger partial charge >= 0.3 is 0 Å². The zero-order valence-electron chi connectivity index (χ0n) is 14.8. The summed E-state index contributed by atoms with van der Waals surface area (Å²) >= 11 is 0. The molecule has 146 valence electrons. The number of nitro benzene ring substituents is 1. The molecule has 0 amide bonds. The predicted molar refractivity (Wildman–Crippen MR) is 106 cm³/mol. The monoisotopic (exact) mass is 411 g/mol. The van der Waals surface area contributed by atoms with E-state index in [1.807, 2.05) is 30.3 Å². The second kappa shape index (κ2) is 8.35. The summed E-state index contributed by atoms with van der Waals surface area (Å²) in [5, 5.41) is 11.3. The highest BCUT2D eigenvalue weighted by Crippen LogP contribution is 2.37. The highest BCUT2D eigenvalue weighted by Gasteiger charge is 2.42. The lowest BCUT2D eigenvalue weighted by Gasteiger charge is -2.18. The van der Waals surface area contributed by atoms with Crippen LogP contribution < -0.4 is 5.73 Å².